The van der Waals surface area contributed by atoms with E-state index in [-0.39, 0.29) is 0 Å². The van der Waals surface area contributed by atoms with Gasteiger partial charge in [0.15, 0.2) is 0 Å². The van der Waals surface area contributed by atoms with E-state index in [0.29, 0.717) is 0 Å². The number of hydrogen-bond acceptors (Lipinski definition) is 0. The van der Waals surface area contributed by atoms with Gasteiger partial charge in [-0.25, -0.2) is 0 Å². The van der Waals surface area contributed by atoms with Crippen LogP contribution in [0.5, 0.6) is 0 Å². The van der Waals surface area contributed by atoms with Gasteiger partial charge in [-0.15, -0.1) is 0 Å². The molecular formula is C12H18. The molecule has 66 valence electrons. The predicted molar refractivity (Wildman–Crippen MR) is 53.0 cm³/mol. The Bertz CT molecular complexity index is 232. The Hall–Kier alpha value is -0.520. The van der Waals surface area contributed by atoms with Crippen LogP contribution in [0.2, 0.25) is 0 Å². The van der Waals surface area contributed by atoms with Crippen LogP contribution >= 0.6 is 0 Å². The van der Waals surface area contributed by atoms with Gasteiger partial charge in [-0.3, -0.25) is 0 Å². The van der Waals surface area contributed by atoms with Crippen molar-refractivity contribution in [3.8, 4) is 0 Å². The van der Waals surface area contributed by atoms with Gasteiger partial charge < -0.3 is 0 Å². The average Bonchev–Trinajstić information content (AvgIpc) is 2.78. The molecule has 0 radical (unpaired) electrons. The van der Waals surface area contributed by atoms with E-state index >= 15 is 0 Å². The zero-order chi connectivity index (χ0) is 8.55. The average molecular weight is 162 g/mol. The Labute approximate surface area is 75.4 Å². The van der Waals surface area contributed by atoms with Crippen molar-refractivity contribution in [3.05, 3.63) is 23.3 Å². The topological polar surface area (TPSA) is 0 Å². The van der Waals surface area contributed by atoms with E-state index in [1.807, 2.05) is 0 Å². The normalized spacial score (nSPS) is 35.2. The third-order valence-corrected chi connectivity index (χ3v) is 3.24. The molecule has 0 amide bonds. The molecule has 2 rings (SSSR count). The van der Waals surface area contributed by atoms with Gasteiger partial charge in [-0.1, -0.05) is 30.2 Å². The predicted octanol–water partition coefficient (Wildman–Crippen LogP) is 3.70. The minimum Gasteiger partial charge on any atom is -0.0815 e. The third-order valence-electron chi connectivity index (χ3n) is 3.24. The smallest absolute Gasteiger partial charge is 0.000872 e. The Kier molecular flexibility index (Phi) is 2.08. The van der Waals surface area contributed by atoms with Gasteiger partial charge in [0.1, 0.15) is 0 Å². The zero-order valence-corrected chi connectivity index (χ0v) is 8.14. The van der Waals surface area contributed by atoms with Gasteiger partial charge in [-0.2, -0.15) is 0 Å². The maximum absolute atomic E-state index is 2.46. The molecule has 0 saturated carbocycles. The van der Waals surface area contributed by atoms with Gasteiger partial charge in [0.2, 0.25) is 0 Å². The molecule has 0 aliphatic heterocycles. The number of allylic oxidation sites excluding steroid dienone is 4. The van der Waals surface area contributed by atoms with Gasteiger partial charge >= 0.3 is 0 Å². The molecule has 0 N–H and O–H groups in total. The first-order valence-corrected chi connectivity index (χ1v) is 5.13. The molecule has 2 aliphatic carbocycles. The minimum atomic E-state index is 0.882. The van der Waals surface area contributed by atoms with E-state index in [4.69, 9.17) is 0 Å². The molecule has 2 atom stereocenters. The molecule has 0 spiro atoms. The molecule has 0 heteroatoms. The first-order chi connectivity index (χ1) is 5.77. The van der Waals surface area contributed by atoms with Crippen molar-refractivity contribution in [2.24, 2.45) is 11.8 Å². The first kappa shape index (κ1) is 8.10. The van der Waals surface area contributed by atoms with Crippen LogP contribution in [-0.4, -0.2) is 0 Å². The lowest BCUT2D eigenvalue weighted by Gasteiger charge is -2.09. The second-order valence-corrected chi connectivity index (χ2v) is 4.39. The molecular weight excluding hydrogens is 144 g/mol. The summed E-state index contributed by atoms with van der Waals surface area (Å²) in [5.74, 6) is 1.80. The molecule has 0 aromatic rings. The molecule has 0 bridgehead atoms. The lowest BCUT2D eigenvalue weighted by molar-refractivity contribution is 0.471. The molecule has 0 saturated heterocycles. The minimum absolute atomic E-state index is 0.882. The molecule has 0 aromatic carbocycles. The van der Waals surface area contributed by atoms with Crippen LogP contribution in [0, 0.1) is 11.8 Å². The van der Waals surface area contributed by atoms with Gasteiger partial charge in [0.05, 0.1) is 0 Å². The second-order valence-electron chi connectivity index (χ2n) is 4.39. The molecule has 2 aliphatic rings. The summed E-state index contributed by atoms with van der Waals surface area (Å²) in [7, 11) is 0. The van der Waals surface area contributed by atoms with Crippen LogP contribution < -0.4 is 0 Å². The summed E-state index contributed by atoms with van der Waals surface area (Å²) < 4.78 is 0. The fraction of sp³-hybridized carbons (Fsp3) is 0.667. The monoisotopic (exact) mass is 162 g/mol. The van der Waals surface area contributed by atoms with E-state index in [1.165, 1.54) is 25.7 Å². The van der Waals surface area contributed by atoms with Crippen molar-refractivity contribution < 1.29 is 0 Å². The summed E-state index contributed by atoms with van der Waals surface area (Å²) in [5, 5.41) is 0. The van der Waals surface area contributed by atoms with Crippen LogP contribution in [0.1, 0.15) is 39.5 Å². The van der Waals surface area contributed by atoms with E-state index < -0.39 is 0 Å². The molecule has 12 heavy (non-hydrogen) atoms. The fourth-order valence-corrected chi connectivity index (χ4v) is 2.19. The van der Waals surface area contributed by atoms with Crippen molar-refractivity contribution in [1.29, 1.82) is 0 Å². The second kappa shape index (κ2) is 3.08. The summed E-state index contributed by atoms with van der Waals surface area (Å²) in [6, 6.07) is 0. The highest BCUT2D eigenvalue weighted by Gasteiger charge is 2.29. The molecule has 0 aromatic heterocycles. The Morgan fingerprint density at radius 3 is 3.08 bits per heavy atom. The van der Waals surface area contributed by atoms with E-state index in [9.17, 15) is 0 Å². The van der Waals surface area contributed by atoms with Gasteiger partial charge in [0.25, 0.3) is 0 Å². The standard InChI is InChI=1S/C12H18/c1-9-4-3-5-10(2)12-8-11(12)7-6-9/h6,8,10,12H,3-5,7H2,1-2H3. The molecule has 0 heterocycles. The summed E-state index contributed by atoms with van der Waals surface area (Å²) in [4.78, 5) is 0. The number of rotatable bonds is 0. The maximum atomic E-state index is 2.46. The van der Waals surface area contributed by atoms with E-state index in [1.54, 1.807) is 11.1 Å². The van der Waals surface area contributed by atoms with Gasteiger partial charge in [0, 0.05) is 5.92 Å². The highest BCUT2D eigenvalue weighted by Crippen LogP contribution is 2.41. The largest absolute Gasteiger partial charge is 0.0815 e. The van der Waals surface area contributed by atoms with Crippen molar-refractivity contribution >= 4 is 0 Å². The van der Waals surface area contributed by atoms with Crippen molar-refractivity contribution in [3.63, 3.8) is 0 Å². The van der Waals surface area contributed by atoms with Gasteiger partial charge in [-0.05, 0) is 38.5 Å². The highest BCUT2D eigenvalue weighted by atomic mass is 14.3. The lowest BCUT2D eigenvalue weighted by atomic mass is 9.96. The SMILES string of the molecule is CC1=CCC2=CC2C(C)CCC1. The quantitative estimate of drug-likeness (QED) is 0.476. The van der Waals surface area contributed by atoms with E-state index in [2.05, 4.69) is 26.0 Å². The van der Waals surface area contributed by atoms with E-state index in [0.717, 1.165) is 11.8 Å². The summed E-state index contributed by atoms with van der Waals surface area (Å²) >= 11 is 0. The van der Waals surface area contributed by atoms with Crippen LogP contribution in [0.4, 0.5) is 0 Å². The molecule has 0 nitrogen and oxygen atoms in total. The zero-order valence-electron chi connectivity index (χ0n) is 8.14. The fourth-order valence-electron chi connectivity index (χ4n) is 2.19. The Morgan fingerprint density at radius 1 is 1.42 bits per heavy atom. The summed E-state index contributed by atoms with van der Waals surface area (Å²) in [6.45, 7) is 4.67. The lowest BCUT2D eigenvalue weighted by Crippen LogP contribution is -1.99. The van der Waals surface area contributed by atoms with Crippen molar-refractivity contribution in [2.75, 3.05) is 0 Å². The summed E-state index contributed by atoms with van der Waals surface area (Å²) in [6.07, 6.45) is 10.2. The molecule has 0 fully saturated rings. The van der Waals surface area contributed by atoms with Crippen LogP contribution in [0.15, 0.2) is 23.3 Å². The van der Waals surface area contributed by atoms with Crippen molar-refractivity contribution in [2.45, 2.75) is 39.5 Å². The number of hydrogen-bond donors (Lipinski definition) is 0. The first-order valence-electron chi connectivity index (χ1n) is 5.13. The Morgan fingerprint density at radius 2 is 2.25 bits per heavy atom. The van der Waals surface area contributed by atoms with Crippen LogP contribution in [0.3, 0.4) is 0 Å². The number of fused-ring (bicyclic) bond motifs is 1. The summed E-state index contributed by atoms with van der Waals surface area (Å²) in [5.41, 5.74) is 3.29. The van der Waals surface area contributed by atoms with Crippen molar-refractivity contribution in [1.82, 2.24) is 0 Å². The Balaban J connectivity index is 2.01. The third kappa shape index (κ3) is 1.63. The van der Waals surface area contributed by atoms with Crippen LogP contribution in [0.25, 0.3) is 0 Å². The maximum Gasteiger partial charge on any atom is 0.000872 e. The molecule has 2 unspecified atom stereocenters. The van der Waals surface area contributed by atoms with Crippen LogP contribution in [-0.2, 0) is 0 Å². The highest BCUT2D eigenvalue weighted by molar-refractivity contribution is 5.33.